The molecule has 1 atom stereocenters. The predicted octanol–water partition coefficient (Wildman–Crippen LogP) is 5.47. The third kappa shape index (κ3) is 4.29. The van der Waals surface area contributed by atoms with E-state index in [0.29, 0.717) is 21.7 Å². The van der Waals surface area contributed by atoms with Crippen LogP contribution in [-0.4, -0.2) is 21.9 Å². The van der Waals surface area contributed by atoms with Gasteiger partial charge in [-0.1, -0.05) is 18.7 Å². The van der Waals surface area contributed by atoms with Crippen LogP contribution in [0.4, 0.5) is 5.00 Å². The highest BCUT2D eigenvalue weighted by Gasteiger charge is 2.23. The monoisotopic (exact) mass is 470 g/mol. The van der Waals surface area contributed by atoms with E-state index in [9.17, 15) is 10.1 Å². The smallest absolute Gasteiger partial charge is 0.277 e. The van der Waals surface area contributed by atoms with Gasteiger partial charge >= 0.3 is 0 Å². The topological polar surface area (TPSA) is 91.8 Å². The zero-order chi connectivity index (χ0) is 21.4. The first-order valence-corrected chi connectivity index (χ1v) is 13.2. The Hall–Kier alpha value is -2.15. The summed E-state index contributed by atoms with van der Waals surface area (Å²) in [6, 6.07) is 4.45. The number of nitrogens with zero attached hydrogens (tertiary/aromatic N) is 3. The third-order valence-corrected chi connectivity index (χ3v) is 9.06. The van der Waals surface area contributed by atoms with Gasteiger partial charge in [0.15, 0.2) is 0 Å². The number of hydrogen-bond donors (Lipinski definition) is 1. The number of rotatable bonds is 5. The first kappa shape index (κ1) is 20.7. The molecule has 2 aliphatic carbocycles. The Balaban J connectivity index is 1.22. The lowest BCUT2D eigenvalue weighted by atomic mass is 9.90. The number of thiophene rings is 2. The Morgan fingerprint density at radius 1 is 1.29 bits per heavy atom. The molecule has 0 radical (unpaired) electrons. The molecule has 6 nitrogen and oxygen atoms in total. The van der Waals surface area contributed by atoms with Crippen molar-refractivity contribution >= 4 is 45.3 Å². The number of aryl methyl sites for hydroxylation is 2. The molecule has 0 bridgehead atoms. The molecule has 0 aromatic carbocycles. The molecule has 3 aromatic rings. The second-order valence-corrected chi connectivity index (χ2v) is 11.3. The highest BCUT2D eigenvalue weighted by atomic mass is 32.2. The molecule has 2 aliphatic rings. The first-order chi connectivity index (χ1) is 15.1. The Bertz CT molecular complexity index is 1170. The number of anilines is 1. The summed E-state index contributed by atoms with van der Waals surface area (Å²) in [6.07, 6.45) is 7.63. The van der Waals surface area contributed by atoms with Crippen LogP contribution in [0.2, 0.25) is 0 Å². The lowest BCUT2D eigenvalue weighted by Crippen LogP contribution is -2.14. The Morgan fingerprint density at radius 2 is 2.16 bits per heavy atom. The van der Waals surface area contributed by atoms with E-state index in [1.54, 1.807) is 11.3 Å². The zero-order valence-electron chi connectivity index (χ0n) is 17.2. The molecule has 0 spiro atoms. The van der Waals surface area contributed by atoms with E-state index >= 15 is 0 Å². The van der Waals surface area contributed by atoms with Gasteiger partial charge in [-0.05, 0) is 68.1 Å². The van der Waals surface area contributed by atoms with Crippen LogP contribution in [0, 0.1) is 17.2 Å². The molecular formula is C22H22N4O2S3. The minimum atomic E-state index is -0.166. The van der Waals surface area contributed by atoms with Gasteiger partial charge in [0.05, 0.1) is 16.2 Å². The van der Waals surface area contributed by atoms with Crippen LogP contribution in [0.15, 0.2) is 15.7 Å². The number of carbonyl (C=O) groups is 1. The SMILES string of the molecule is CC1CCc2sc(-c3nnc(SCC(=O)Nc4sc5c(c4C#N)CCCC5)o3)cc2C1. The standard InChI is InChI=1S/C22H22N4O2S3/c1-12-6-7-16-13(8-12)9-18(30-16)20-25-26-22(28-20)29-11-19(27)24-21-15(10-23)14-4-2-3-5-17(14)31-21/h9,12H,2-8,11H2,1H3,(H,24,27). The maximum Gasteiger partial charge on any atom is 0.277 e. The fourth-order valence-electron chi connectivity index (χ4n) is 4.24. The molecule has 31 heavy (non-hydrogen) atoms. The fourth-order valence-corrected chi connectivity index (χ4v) is 7.19. The molecule has 0 saturated carbocycles. The van der Waals surface area contributed by atoms with Crippen molar-refractivity contribution in [3.63, 3.8) is 0 Å². The number of aromatic nitrogens is 2. The quantitative estimate of drug-likeness (QED) is 0.498. The van der Waals surface area contributed by atoms with Gasteiger partial charge in [0.2, 0.25) is 5.91 Å². The Labute approximate surface area is 193 Å². The summed E-state index contributed by atoms with van der Waals surface area (Å²) in [5, 5.41) is 21.8. The van der Waals surface area contributed by atoms with Gasteiger partial charge in [-0.3, -0.25) is 4.79 Å². The van der Waals surface area contributed by atoms with Gasteiger partial charge in [0.25, 0.3) is 11.1 Å². The largest absolute Gasteiger partial charge is 0.410 e. The number of amides is 1. The van der Waals surface area contributed by atoms with Crippen LogP contribution in [-0.2, 0) is 30.5 Å². The number of fused-ring (bicyclic) bond motifs is 2. The van der Waals surface area contributed by atoms with E-state index < -0.39 is 0 Å². The summed E-state index contributed by atoms with van der Waals surface area (Å²) in [5.41, 5.74) is 3.16. The van der Waals surface area contributed by atoms with Gasteiger partial charge in [-0.2, -0.15) is 5.26 Å². The summed E-state index contributed by atoms with van der Waals surface area (Å²) < 4.78 is 5.81. The van der Waals surface area contributed by atoms with Crippen LogP contribution in [0.1, 0.15) is 52.6 Å². The molecule has 3 heterocycles. The summed E-state index contributed by atoms with van der Waals surface area (Å²) in [6.45, 7) is 2.29. The maximum absolute atomic E-state index is 12.5. The van der Waals surface area contributed by atoms with Crippen LogP contribution < -0.4 is 5.32 Å². The van der Waals surface area contributed by atoms with Crippen molar-refractivity contribution < 1.29 is 9.21 Å². The van der Waals surface area contributed by atoms with E-state index in [1.165, 1.54) is 44.8 Å². The van der Waals surface area contributed by atoms with Crippen molar-refractivity contribution in [1.29, 1.82) is 5.26 Å². The number of hydrogen-bond acceptors (Lipinski definition) is 8. The van der Waals surface area contributed by atoms with E-state index in [-0.39, 0.29) is 11.7 Å². The summed E-state index contributed by atoms with van der Waals surface area (Å²) in [5.74, 6) is 1.24. The molecular weight excluding hydrogens is 448 g/mol. The summed E-state index contributed by atoms with van der Waals surface area (Å²) >= 11 is 4.49. The van der Waals surface area contributed by atoms with Gasteiger partial charge in [0.1, 0.15) is 11.1 Å². The van der Waals surface area contributed by atoms with Gasteiger partial charge in [-0.15, -0.1) is 32.9 Å². The minimum Gasteiger partial charge on any atom is -0.410 e. The first-order valence-electron chi connectivity index (χ1n) is 10.5. The van der Waals surface area contributed by atoms with Crippen molar-refractivity contribution in [3.05, 3.63) is 32.5 Å². The lowest BCUT2D eigenvalue weighted by Gasteiger charge is -2.16. The molecule has 0 saturated heterocycles. The zero-order valence-corrected chi connectivity index (χ0v) is 19.6. The molecule has 3 aromatic heterocycles. The molecule has 1 amide bonds. The normalized spacial score (nSPS) is 17.6. The van der Waals surface area contributed by atoms with E-state index in [0.717, 1.165) is 54.9 Å². The molecule has 160 valence electrons. The Morgan fingerprint density at radius 3 is 3.03 bits per heavy atom. The molecule has 1 unspecified atom stereocenters. The number of nitrogens with one attached hydrogen (secondary N) is 1. The highest BCUT2D eigenvalue weighted by Crippen LogP contribution is 2.39. The average Bonchev–Trinajstić information content (AvgIpc) is 3.47. The summed E-state index contributed by atoms with van der Waals surface area (Å²) in [7, 11) is 0. The fraction of sp³-hybridized carbons (Fsp3) is 0.455. The van der Waals surface area contributed by atoms with Crippen molar-refractivity contribution in [2.45, 2.75) is 57.1 Å². The number of nitriles is 1. The highest BCUT2D eigenvalue weighted by molar-refractivity contribution is 7.99. The molecule has 9 heteroatoms. The van der Waals surface area contributed by atoms with Gasteiger partial charge in [-0.25, -0.2) is 0 Å². The second kappa shape index (κ2) is 8.77. The predicted molar refractivity (Wildman–Crippen MR) is 124 cm³/mol. The van der Waals surface area contributed by atoms with Crippen molar-refractivity contribution in [1.82, 2.24) is 10.2 Å². The van der Waals surface area contributed by atoms with E-state index in [1.807, 2.05) is 0 Å². The minimum absolute atomic E-state index is 0.160. The van der Waals surface area contributed by atoms with Crippen LogP contribution >= 0.6 is 34.4 Å². The number of thioether (sulfide) groups is 1. The maximum atomic E-state index is 12.5. The van der Waals surface area contributed by atoms with Crippen molar-refractivity contribution in [3.8, 4) is 16.8 Å². The average molecular weight is 471 g/mol. The van der Waals surface area contributed by atoms with Crippen LogP contribution in [0.3, 0.4) is 0 Å². The molecule has 1 N–H and O–H groups in total. The third-order valence-electron chi connectivity index (χ3n) is 5.81. The van der Waals surface area contributed by atoms with Crippen molar-refractivity contribution in [2.75, 3.05) is 11.1 Å². The van der Waals surface area contributed by atoms with Gasteiger partial charge in [0, 0.05) is 9.75 Å². The molecule has 5 rings (SSSR count). The number of carbonyl (C=O) groups excluding carboxylic acids is 1. The van der Waals surface area contributed by atoms with Crippen molar-refractivity contribution in [2.24, 2.45) is 5.92 Å². The Kier molecular flexibility index (Phi) is 5.87. The van der Waals surface area contributed by atoms with Crippen LogP contribution in [0.5, 0.6) is 0 Å². The molecule has 0 fully saturated rings. The second-order valence-electron chi connectivity index (χ2n) is 8.14. The lowest BCUT2D eigenvalue weighted by molar-refractivity contribution is -0.113. The van der Waals surface area contributed by atoms with E-state index in [4.69, 9.17) is 4.42 Å². The van der Waals surface area contributed by atoms with Crippen LogP contribution in [0.25, 0.3) is 10.8 Å². The molecule has 0 aliphatic heterocycles. The van der Waals surface area contributed by atoms with E-state index in [2.05, 4.69) is 34.6 Å². The van der Waals surface area contributed by atoms with Gasteiger partial charge < -0.3 is 9.73 Å². The summed E-state index contributed by atoms with van der Waals surface area (Å²) in [4.78, 5) is 16.1.